The van der Waals surface area contributed by atoms with Crippen molar-refractivity contribution >= 4 is 23.3 Å². The average molecular weight is 327 g/mol. The molecule has 0 aliphatic carbocycles. The van der Waals surface area contributed by atoms with E-state index in [1.165, 1.54) is 31.2 Å². The number of hydrogen-bond acceptors (Lipinski definition) is 4. The van der Waals surface area contributed by atoms with Gasteiger partial charge in [0.2, 0.25) is 0 Å². The van der Waals surface area contributed by atoms with Crippen LogP contribution in [0.3, 0.4) is 0 Å². The number of Topliss-reactive ketones (excluding diaryl/α,β-unsaturated/α-hetero) is 1. The lowest BCUT2D eigenvalue weighted by Crippen LogP contribution is -2.43. The SMILES string of the molecule is C[C@@H](C(=O)OCc1ccc(F)cc1)N1C(=O)C(=O)c2ccccc21. The summed E-state index contributed by atoms with van der Waals surface area (Å²) in [6.45, 7) is 1.46. The van der Waals surface area contributed by atoms with Gasteiger partial charge in [0.25, 0.3) is 11.7 Å². The van der Waals surface area contributed by atoms with Gasteiger partial charge in [-0.05, 0) is 36.8 Å². The van der Waals surface area contributed by atoms with Gasteiger partial charge in [0.1, 0.15) is 18.5 Å². The third kappa shape index (κ3) is 2.78. The first-order chi connectivity index (χ1) is 11.5. The van der Waals surface area contributed by atoms with E-state index in [0.29, 0.717) is 11.3 Å². The second kappa shape index (κ2) is 6.23. The minimum atomic E-state index is -0.939. The predicted molar refractivity (Wildman–Crippen MR) is 83.9 cm³/mol. The first kappa shape index (κ1) is 15.9. The quantitative estimate of drug-likeness (QED) is 0.639. The Morgan fingerprint density at radius 2 is 1.79 bits per heavy atom. The first-order valence-corrected chi connectivity index (χ1v) is 7.37. The Balaban J connectivity index is 1.73. The topological polar surface area (TPSA) is 63.7 Å². The Morgan fingerprint density at radius 1 is 1.12 bits per heavy atom. The van der Waals surface area contributed by atoms with E-state index in [-0.39, 0.29) is 18.0 Å². The molecule has 2 aromatic carbocycles. The Labute approximate surface area is 137 Å². The Bertz CT molecular complexity index is 816. The average Bonchev–Trinajstić information content (AvgIpc) is 2.85. The van der Waals surface area contributed by atoms with E-state index in [0.717, 1.165) is 4.90 Å². The molecule has 1 amide bonds. The second-order valence-electron chi connectivity index (χ2n) is 5.43. The molecule has 0 saturated carbocycles. The molecule has 24 heavy (non-hydrogen) atoms. The van der Waals surface area contributed by atoms with Crippen molar-refractivity contribution in [3.63, 3.8) is 0 Å². The molecule has 0 unspecified atom stereocenters. The minimum absolute atomic E-state index is 0.0406. The van der Waals surface area contributed by atoms with Crippen LogP contribution in [0.5, 0.6) is 0 Å². The lowest BCUT2D eigenvalue weighted by Gasteiger charge is -2.23. The maximum absolute atomic E-state index is 12.9. The van der Waals surface area contributed by atoms with Crippen LogP contribution in [0.1, 0.15) is 22.8 Å². The molecule has 1 atom stereocenters. The van der Waals surface area contributed by atoms with Crippen LogP contribution in [0.25, 0.3) is 0 Å². The van der Waals surface area contributed by atoms with Crippen LogP contribution in [-0.4, -0.2) is 23.7 Å². The maximum atomic E-state index is 12.9. The molecule has 1 aliphatic heterocycles. The molecule has 0 fully saturated rings. The van der Waals surface area contributed by atoms with Gasteiger partial charge in [-0.1, -0.05) is 24.3 Å². The Hall–Kier alpha value is -3.02. The molecule has 0 bridgehead atoms. The number of halogens is 1. The van der Waals surface area contributed by atoms with Crippen molar-refractivity contribution in [1.29, 1.82) is 0 Å². The number of ketones is 1. The molecule has 0 N–H and O–H groups in total. The second-order valence-corrected chi connectivity index (χ2v) is 5.43. The van der Waals surface area contributed by atoms with Gasteiger partial charge < -0.3 is 4.74 Å². The zero-order chi connectivity index (χ0) is 17.3. The van der Waals surface area contributed by atoms with Crippen LogP contribution < -0.4 is 4.90 Å². The lowest BCUT2D eigenvalue weighted by atomic mass is 10.1. The highest BCUT2D eigenvalue weighted by Crippen LogP contribution is 2.30. The maximum Gasteiger partial charge on any atom is 0.329 e. The fourth-order valence-corrected chi connectivity index (χ4v) is 2.56. The molecule has 0 saturated heterocycles. The van der Waals surface area contributed by atoms with Gasteiger partial charge in [-0.3, -0.25) is 14.5 Å². The highest BCUT2D eigenvalue weighted by molar-refractivity contribution is 6.52. The first-order valence-electron chi connectivity index (χ1n) is 7.37. The van der Waals surface area contributed by atoms with Crippen LogP contribution >= 0.6 is 0 Å². The molecule has 3 rings (SSSR count). The number of anilines is 1. The van der Waals surface area contributed by atoms with Crippen LogP contribution in [0.4, 0.5) is 10.1 Å². The molecule has 6 heteroatoms. The van der Waals surface area contributed by atoms with Crippen molar-refractivity contribution in [3.05, 3.63) is 65.5 Å². The van der Waals surface area contributed by atoms with Crippen molar-refractivity contribution in [2.75, 3.05) is 4.90 Å². The van der Waals surface area contributed by atoms with E-state index >= 15 is 0 Å². The smallest absolute Gasteiger partial charge is 0.329 e. The number of esters is 1. The van der Waals surface area contributed by atoms with Crippen molar-refractivity contribution < 1.29 is 23.5 Å². The molecule has 2 aromatic rings. The number of amides is 1. The highest BCUT2D eigenvalue weighted by atomic mass is 19.1. The zero-order valence-corrected chi connectivity index (χ0v) is 12.9. The van der Waals surface area contributed by atoms with Gasteiger partial charge in [-0.25, -0.2) is 9.18 Å². The molecular formula is C18H14FNO4. The molecule has 1 aliphatic rings. The summed E-state index contributed by atoms with van der Waals surface area (Å²) < 4.78 is 18.0. The van der Waals surface area contributed by atoms with E-state index in [4.69, 9.17) is 4.74 Å². The highest BCUT2D eigenvalue weighted by Gasteiger charge is 2.40. The standard InChI is InChI=1S/C18H14FNO4/c1-11(18(23)24-10-12-6-8-13(19)9-7-12)20-15-5-3-2-4-14(15)16(21)17(20)22/h2-9,11H,10H2,1H3/t11-/m0/s1. The summed E-state index contributed by atoms with van der Waals surface area (Å²) in [5, 5.41) is 0. The monoisotopic (exact) mass is 327 g/mol. The van der Waals surface area contributed by atoms with Gasteiger partial charge in [0.15, 0.2) is 0 Å². The van der Waals surface area contributed by atoms with E-state index < -0.39 is 23.7 Å². The fraction of sp³-hybridized carbons (Fsp3) is 0.167. The van der Waals surface area contributed by atoms with Crippen molar-refractivity contribution in [1.82, 2.24) is 0 Å². The molecule has 5 nitrogen and oxygen atoms in total. The summed E-state index contributed by atoms with van der Waals surface area (Å²) >= 11 is 0. The van der Waals surface area contributed by atoms with E-state index in [1.807, 2.05) is 0 Å². The number of fused-ring (bicyclic) bond motifs is 1. The van der Waals surface area contributed by atoms with E-state index in [2.05, 4.69) is 0 Å². The zero-order valence-electron chi connectivity index (χ0n) is 12.9. The Morgan fingerprint density at radius 3 is 2.50 bits per heavy atom. The number of ether oxygens (including phenoxy) is 1. The third-order valence-electron chi connectivity index (χ3n) is 3.84. The number of hydrogen-bond donors (Lipinski definition) is 0. The molecule has 0 radical (unpaired) electrons. The van der Waals surface area contributed by atoms with Crippen LogP contribution in [0.2, 0.25) is 0 Å². The van der Waals surface area contributed by atoms with Crippen molar-refractivity contribution in [3.8, 4) is 0 Å². The molecule has 1 heterocycles. The normalized spacial score (nSPS) is 14.5. The number of carbonyl (C=O) groups is 3. The molecular weight excluding hydrogens is 313 g/mol. The summed E-state index contributed by atoms with van der Waals surface area (Å²) in [7, 11) is 0. The van der Waals surface area contributed by atoms with E-state index in [1.54, 1.807) is 24.3 Å². The summed E-state index contributed by atoms with van der Waals surface area (Å²) in [5.74, 6) is -2.40. The molecule has 0 spiro atoms. The van der Waals surface area contributed by atoms with Gasteiger partial charge in [0.05, 0.1) is 11.3 Å². The number of carbonyl (C=O) groups excluding carboxylic acids is 3. The number of para-hydroxylation sites is 1. The van der Waals surface area contributed by atoms with Gasteiger partial charge in [0, 0.05) is 0 Å². The van der Waals surface area contributed by atoms with Gasteiger partial charge in [-0.15, -0.1) is 0 Å². The van der Waals surface area contributed by atoms with Crippen LogP contribution in [0, 0.1) is 5.82 Å². The molecule has 0 aromatic heterocycles. The predicted octanol–water partition coefficient (Wildman–Crippen LogP) is 2.49. The van der Waals surface area contributed by atoms with Crippen LogP contribution in [-0.2, 0) is 20.9 Å². The third-order valence-corrected chi connectivity index (χ3v) is 3.84. The summed E-state index contributed by atoms with van der Waals surface area (Å²) in [4.78, 5) is 37.5. The molecule has 122 valence electrons. The van der Waals surface area contributed by atoms with E-state index in [9.17, 15) is 18.8 Å². The summed E-state index contributed by atoms with van der Waals surface area (Å²) in [5.41, 5.74) is 1.31. The van der Waals surface area contributed by atoms with Crippen molar-refractivity contribution in [2.45, 2.75) is 19.6 Å². The fourth-order valence-electron chi connectivity index (χ4n) is 2.56. The Kier molecular flexibility index (Phi) is 4.12. The minimum Gasteiger partial charge on any atom is -0.459 e. The number of nitrogens with zero attached hydrogens (tertiary/aromatic N) is 1. The van der Waals surface area contributed by atoms with Gasteiger partial charge >= 0.3 is 5.97 Å². The van der Waals surface area contributed by atoms with Gasteiger partial charge in [-0.2, -0.15) is 0 Å². The lowest BCUT2D eigenvalue weighted by molar-refractivity contribution is -0.146. The number of rotatable bonds is 4. The summed E-state index contributed by atoms with van der Waals surface area (Å²) in [6, 6.07) is 11.1. The number of benzene rings is 2. The summed E-state index contributed by atoms with van der Waals surface area (Å²) in [6.07, 6.45) is 0. The largest absolute Gasteiger partial charge is 0.459 e. The van der Waals surface area contributed by atoms with Crippen LogP contribution in [0.15, 0.2) is 48.5 Å². The van der Waals surface area contributed by atoms with Crippen molar-refractivity contribution in [2.24, 2.45) is 0 Å².